The molecule has 0 aliphatic heterocycles. The number of hydrogen-bond donors (Lipinski definition) is 0. The second kappa shape index (κ2) is 6.15. The molecule has 0 aromatic carbocycles. The Morgan fingerprint density at radius 1 is 1.15 bits per heavy atom. The summed E-state index contributed by atoms with van der Waals surface area (Å²) in [4.78, 5) is 0. The van der Waals surface area contributed by atoms with Gasteiger partial charge in [0.2, 0.25) is 0 Å². The molecule has 0 aliphatic carbocycles. The van der Waals surface area contributed by atoms with Gasteiger partial charge in [0.15, 0.2) is 0 Å². The van der Waals surface area contributed by atoms with Crippen molar-refractivity contribution in [3.05, 3.63) is 0 Å². The smallest absolute Gasteiger partial charge is 0.293 e. The van der Waals surface area contributed by atoms with E-state index in [1.807, 2.05) is 0 Å². The monoisotopic (exact) mass is 204 g/mol. The Kier molecular flexibility index (Phi) is 5.98. The van der Waals surface area contributed by atoms with Crippen LogP contribution in [0.2, 0.25) is 0 Å². The van der Waals surface area contributed by atoms with Gasteiger partial charge in [-0.05, 0) is 6.92 Å². The van der Waals surface area contributed by atoms with Gasteiger partial charge in [-0.15, -0.1) is 0 Å². The molecule has 0 N–H and O–H groups in total. The first-order chi connectivity index (χ1) is 5.98. The third kappa shape index (κ3) is 7.98. The van der Waals surface area contributed by atoms with Crippen LogP contribution in [-0.2, 0) is 9.47 Å². The molecule has 0 unspecified atom stereocenters. The molecule has 0 atom stereocenters. The third-order valence-electron chi connectivity index (χ3n) is 1.07. The van der Waals surface area contributed by atoms with Crippen LogP contribution in [0.4, 0.5) is 17.6 Å². The van der Waals surface area contributed by atoms with Crippen LogP contribution in [0, 0.1) is 0 Å². The summed E-state index contributed by atoms with van der Waals surface area (Å²) in [6, 6.07) is 0. The first kappa shape index (κ1) is 12.6. The molecule has 80 valence electrons. The molecule has 0 aromatic heterocycles. The zero-order valence-electron chi connectivity index (χ0n) is 7.23. The highest BCUT2D eigenvalue weighted by Crippen LogP contribution is 2.14. The second-order valence-corrected chi connectivity index (χ2v) is 2.40. The van der Waals surface area contributed by atoms with E-state index in [4.69, 9.17) is 0 Å². The summed E-state index contributed by atoms with van der Waals surface area (Å²) in [5, 5.41) is 0. The lowest BCUT2D eigenvalue weighted by molar-refractivity contribution is -0.132. The van der Waals surface area contributed by atoms with Gasteiger partial charge in [-0.1, -0.05) is 0 Å². The van der Waals surface area contributed by atoms with Gasteiger partial charge in [0.05, 0.1) is 0 Å². The van der Waals surface area contributed by atoms with Crippen molar-refractivity contribution in [3.8, 4) is 0 Å². The van der Waals surface area contributed by atoms with E-state index in [-0.39, 0.29) is 6.61 Å². The van der Waals surface area contributed by atoms with Crippen molar-refractivity contribution >= 4 is 0 Å². The van der Waals surface area contributed by atoms with E-state index in [9.17, 15) is 17.6 Å². The molecule has 0 aromatic rings. The van der Waals surface area contributed by atoms with E-state index in [0.717, 1.165) is 0 Å². The van der Waals surface area contributed by atoms with Gasteiger partial charge in [-0.2, -0.15) is 0 Å². The van der Waals surface area contributed by atoms with Crippen LogP contribution in [0.15, 0.2) is 0 Å². The van der Waals surface area contributed by atoms with Crippen molar-refractivity contribution in [1.82, 2.24) is 0 Å². The number of hydrogen-bond acceptors (Lipinski definition) is 2. The van der Waals surface area contributed by atoms with Crippen molar-refractivity contribution in [2.75, 3.05) is 26.4 Å². The number of halogens is 4. The normalized spacial score (nSPS) is 12.5. The van der Waals surface area contributed by atoms with Gasteiger partial charge < -0.3 is 9.47 Å². The lowest BCUT2D eigenvalue weighted by atomic mass is 10.4. The molecule has 0 aliphatic rings. The van der Waals surface area contributed by atoms with Crippen LogP contribution in [0.3, 0.4) is 0 Å². The standard InChI is InChI=1S/C7H12F4O2/c1-2-12-4-7(10,11)5-13-3-6(8)9/h6H,2-5H2,1H3. The molecule has 0 heterocycles. The maximum absolute atomic E-state index is 12.6. The van der Waals surface area contributed by atoms with Gasteiger partial charge in [0.25, 0.3) is 12.3 Å². The lowest BCUT2D eigenvalue weighted by Crippen LogP contribution is -2.30. The van der Waals surface area contributed by atoms with E-state index in [1.54, 1.807) is 6.92 Å². The predicted molar refractivity (Wildman–Crippen MR) is 38.3 cm³/mol. The average molecular weight is 204 g/mol. The minimum absolute atomic E-state index is 0.157. The molecule has 2 nitrogen and oxygen atoms in total. The first-order valence-corrected chi connectivity index (χ1v) is 3.79. The van der Waals surface area contributed by atoms with Gasteiger partial charge in [-0.25, -0.2) is 17.6 Å². The fourth-order valence-corrected chi connectivity index (χ4v) is 0.590. The van der Waals surface area contributed by atoms with Crippen LogP contribution in [0.1, 0.15) is 6.92 Å². The molecule has 0 fully saturated rings. The highest BCUT2D eigenvalue weighted by molar-refractivity contribution is 4.63. The van der Waals surface area contributed by atoms with Crippen LogP contribution in [0.5, 0.6) is 0 Å². The fraction of sp³-hybridized carbons (Fsp3) is 1.00. The van der Waals surface area contributed by atoms with Crippen LogP contribution >= 0.6 is 0 Å². The summed E-state index contributed by atoms with van der Waals surface area (Å²) in [6.07, 6.45) is -2.72. The minimum atomic E-state index is -3.19. The summed E-state index contributed by atoms with van der Waals surface area (Å²) >= 11 is 0. The Morgan fingerprint density at radius 3 is 2.15 bits per heavy atom. The molecule has 0 spiro atoms. The Bertz CT molecular complexity index is 130. The number of ether oxygens (including phenoxy) is 2. The zero-order valence-corrected chi connectivity index (χ0v) is 7.23. The average Bonchev–Trinajstić information content (AvgIpc) is 2.00. The number of alkyl halides is 4. The second-order valence-electron chi connectivity index (χ2n) is 2.40. The van der Waals surface area contributed by atoms with Gasteiger partial charge >= 0.3 is 0 Å². The summed E-state index contributed by atoms with van der Waals surface area (Å²) in [5.74, 6) is -3.19. The Labute approximate surface area is 73.8 Å². The largest absolute Gasteiger partial charge is 0.375 e. The summed E-state index contributed by atoms with van der Waals surface area (Å²) < 4.78 is 56.6. The number of rotatable bonds is 7. The van der Waals surface area contributed by atoms with Crippen molar-refractivity contribution in [2.45, 2.75) is 19.3 Å². The predicted octanol–water partition coefficient (Wildman–Crippen LogP) is 1.94. The van der Waals surface area contributed by atoms with E-state index in [2.05, 4.69) is 9.47 Å². The van der Waals surface area contributed by atoms with E-state index >= 15 is 0 Å². The van der Waals surface area contributed by atoms with Crippen molar-refractivity contribution < 1.29 is 27.0 Å². The molecule has 6 heteroatoms. The molecule has 0 rings (SSSR count). The molecule has 13 heavy (non-hydrogen) atoms. The Hall–Kier alpha value is -0.360. The SMILES string of the molecule is CCOCC(F)(F)COCC(F)F. The Balaban J connectivity index is 3.50. The summed E-state index contributed by atoms with van der Waals surface area (Å²) in [5.41, 5.74) is 0. The van der Waals surface area contributed by atoms with Crippen molar-refractivity contribution in [3.63, 3.8) is 0 Å². The summed E-state index contributed by atoms with van der Waals surface area (Å²) in [7, 11) is 0. The van der Waals surface area contributed by atoms with Gasteiger partial charge in [-0.3, -0.25) is 0 Å². The van der Waals surface area contributed by atoms with Crippen LogP contribution in [0.25, 0.3) is 0 Å². The molecule has 0 bridgehead atoms. The van der Waals surface area contributed by atoms with Crippen molar-refractivity contribution in [1.29, 1.82) is 0 Å². The Morgan fingerprint density at radius 2 is 1.69 bits per heavy atom. The molecule has 0 amide bonds. The topological polar surface area (TPSA) is 18.5 Å². The molecular formula is C7H12F4O2. The highest BCUT2D eigenvalue weighted by atomic mass is 19.3. The van der Waals surface area contributed by atoms with Crippen LogP contribution in [-0.4, -0.2) is 38.8 Å². The fourth-order valence-electron chi connectivity index (χ4n) is 0.590. The quantitative estimate of drug-likeness (QED) is 0.590. The van der Waals surface area contributed by atoms with Crippen molar-refractivity contribution in [2.24, 2.45) is 0 Å². The van der Waals surface area contributed by atoms with E-state index in [1.165, 1.54) is 0 Å². The van der Waals surface area contributed by atoms with E-state index < -0.39 is 32.2 Å². The van der Waals surface area contributed by atoms with Crippen LogP contribution < -0.4 is 0 Å². The van der Waals surface area contributed by atoms with Gasteiger partial charge in [0, 0.05) is 6.61 Å². The molecule has 0 saturated carbocycles. The zero-order chi connectivity index (χ0) is 10.3. The highest BCUT2D eigenvalue weighted by Gasteiger charge is 2.29. The van der Waals surface area contributed by atoms with E-state index in [0.29, 0.717) is 0 Å². The maximum atomic E-state index is 12.6. The molecular weight excluding hydrogens is 192 g/mol. The molecule has 0 saturated heterocycles. The third-order valence-corrected chi connectivity index (χ3v) is 1.07. The lowest BCUT2D eigenvalue weighted by Gasteiger charge is -2.15. The maximum Gasteiger partial charge on any atom is 0.293 e. The first-order valence-electron chi connectivity index (χ1n) is 3.79. The minimum Gasteiger partial charge on any atom is -0.375 e. The molecule has 0 radical (unpaired) electrons. The summed E-state index contributed by atoms with van der Waals surface area (Å²) in [6.45, 7) is -1.08. The van der Waals surface area contributed by atoms with Gasteiger partial charge in [0.1, 0.15) is 19.8 Å².